The molecule has 0 aliphatic carbocycles. The molecule has 0 saturated heterocycles. The largest absolute Gasteiger partial charge is 0.493 e. The van der Waals surface area contributed by atoms with E-state index in [1.54, 1.807) is 19.2 Å². The van der Waals surface area contributed by atoms with Gasteiger partial charge in [-0.3, -0.25) is 0 Å². The van der Waals surface area contributed by atoms with Crippen LogP contribution in [-0.2, 0) is 6.42 Å². The quantitative estimate of drug-likeness (QED) is 0.567. The van der Waals surface area contributed by atoms with E-state index in [1.165, 1.54) is 12.1 Å². The number of ether oxygens (including phenoxy) is 2. The third kappa shape index (κ3) is 2.85. The fourth-order valence-corrected chi connectivity index (χ4v) is 2.63. The minimum Gasteiger partial charge on any atom is -0.493 e. The first-order chi connectivity index (χ1) is 11.7. The first kappa shape index (κ1) is 16.1. The molecule has 1 aromatic heterocycles. The summed E-state index contributed by atoms with van der Waals surface area (Å²) in [4.78, 5) is 7.65. The fourth-order valence-electron chi connectivity index (χ4n) is 2.63. The van der Waals surface area contributed by atoms with Crippen molar-refractivity contribution in [3.63, 3.8) is 0 Å². The van der Waals surface area contributed by atoms with Gasteiger partial charge in [-0.05, 0) is 18.2 Å². The van der Waals surface area contributed by atoms with Crippen molar-refractivity contribution in [3.05, 3.63) is 59.5 Å². The van der Waals surface area contributed by atoms with Crippen molar-refractivity contribution < 1.29 is 13.9 Å². The number of aromatic nitrogens is 2. The fraction of sp³-hybridized carbons (Fsp3) is 0.211. The van der Waals surface area contributed by atoms with Crippen LogP contribution in [0.3, 0.4) is 0 Å². The number of imidazole rings is 1. The molecule has 24 heavy (non-hydrogen) atoms. The van der Waals surface area contributed by atoms with E-state index in [0.29, 0.717) is 35.2 Å². The van der Waals surface area contributed by atoms with E-state index in [9.17, 15) is 4.39 Å². The van der Waals surface area contributed by atoms with E-state index < -0.39 is 0 Å². The van der Waals surface area contributed by atoms with Crippen LogP contribution in [0, 0.1) is 5.82 Å². The summed E-state index contributed by atoms with van der Waals surface area (Å²) < 4.78 is 24.6. The first-order valence-electron chi connectivity index (χ1n) is 7.93. The number of H-pyrrole nitrogens is 1. The van der Waals surface area contributed by atoms with Crippen LogP contribution in [0.5, 0.6) is 17.4 Å². The Morgan fingerprint density at radius 3 is 2.71 bits per heavy atom. The van der Waals surface area contributed by atoms with Crippen molar-refractivity contribution in [3.8, 4) is 28.8 Å². The Kier molecular flexibility index (Phi) is 4.51. The summed E-state index contributed by atoms with van der Waals surface area (Å²) >= 11 is 0. The summed E-state index contributed by atoms with van der Waals surface area (Å²) in [6, 6.07) is 12.1. The van der Waals surface area contributed by atoms with Crippen molar-refractivity contribution in [1.82, 2.24) is 9.97 Å². The molecule has 1 aliphatic rings. The van der Waals surface area contributed by atoms with Gasteiger partial charge in [-0.25, -0.2) is 4.39 Å². The lowest BCUT2D eigenvalue weighted by Crippen LogP contribution is -2.04. The number of halogens is 1. The van der Waals surface area contributed by atoms with Crippen molar-refractivity contribution in [2.24, 2.45) is 0 Å². The molecule has 4 nitrogen and oxygen atoms in total. The third-order valence-electron chi connectivity index (χ3n) is 3.69. The van der Waals surface area contributed by atoms with Gasteiger partial charge < -0.3 is 14.5 Å². The number of para-hydroxylation sites is 1. The summed E-state index contributed by atoms with van der Waals surface area (Å²) in [5, 5.41) is 0. The molecule has 3 aromatic rings. The second kappa shape index (κ2) is 6.74. The molecule has 0 radical (unpaired) electrons. The molecule has 0 bridgehead atoms. The van der Waals surface area contributed by atoms with Gasteiger partial charge in [-0.1, -0.05) is 38.1 Å². The molecule has 2 heterocycles. The van der Waals surface area contributed by atoms with Crippen LogP contribution in [0.25, 0.3) is 11.4 Å². The smallest absolute Gasteiger partial charge is 0.241 e. The standard InChI is InChI=1S/C17H13FN2O2.C2H6/c1-21-14-7-3-4-10-9-13-17(22-15(10)14)20-16(19-13)11-5-2-6-12(18)8-11;1-2/h2-8H,9H2,1H3,(H,19,20);1-2H3. The van der Waals surface area contributed by atoms with Crippen molar-refractivity contribution in [2.45, 2.75) is 20.3 Å². The molecule has 1 aliphatic heterocycles. The minimum atomic E-state index is -0.294. The van der Waals surface area contributed by atoms with Gasteiger partial charge in [0, 0.05) is 17.5 Å². The number of methoxy groups -OCH3 is 1. The summed E-state index contributed by atoms with van der Waals surface area (Å²) in [5.41, 5.74) is 2.59. The SMILES string of the molecule is CC.COc1cccc2c1Oc1nc(-c3cccc(F)c3)[nH]c1C2. The lowest BCUT2D eigenvalue weighted by Gasteiger charge is -2.17. The van der Waals surface area contributed by atoms with Gasteiger partial charge in [0.2, 0.25) is 5.88 Å². The van der Waals surface area contributed by atoms with E-state index in [2.05, 4.69) is 9.97 Å². The highest BCUT2D eigenvalue weighted by Crippen LogP contribution is 2.41. The van der Waals surface area contributed by atoms with Crippen molar-refractivity contribution >= 4 is 0 Å². The second-order valence-corrected chi connectivity index (χ2v) is 5.11. The van der Waals surface area contributed by atoms with Gasteiger partial charge in [0.25, 0.3) is 0 Å². The molecule has 5 heteroatoms. The molecule has 0 fully saturated rings. The molecule has 0 atom stereocenters. The number of rotatable bonds is 2. The average molecular weight is 326 g/mol. The predicted molar refractivity (Wildman–Crippen MR) is 91.2 cm³/mol. The Morgan fingerprint density at radius 1 is 1.17 bits per heavy atom. The summed E-state index contributed by atoms with van der Waals surface area (Å²) in [6.45, 7) is 4.00. The molecule has 0 saturated carbocycles. The van der Waals surface area contributed by atoms with Gasteiger partial charge in [-0.2, -0.15) is 4.98 Å². The van der Waals surface area contributed by atoms with E-state index >= 15 is 0 Å². The molecule has 1 N–H and O–H groups in total. The van der Waals surface area contributed by atoms with Crippen molar-refractivity contribution in [1.29, 1.82) is 0 Å². The summed E-state index contributed by atoms with van der Waals surface area (Å²) in [7, 11) is 1.61. The molecule has 2 aromatic carbocycles. The summed E-state index contributed by atoms with van der Waals surface area (Å²) in [5.74, 6) is 2.18. The van der Waals surface area contributed by atoms with Crippen molar-refractivity contribution in [2.75, 3.05) is 7.11 Å². The second-order valence-electron chi connectivity index (χ2n) is 5.11. The zero-order chi connectivity index (χ0) is 17.1. The van der Waals surface area contributed by atoms with Gasteiger partial charge in [0.05, 0.1) is 12.8 Å². The van der Waals surface area contributed by atoms with Crippen LogP contribution in [-0.4, -0.2) is 17.1 Å². The van der Waals surface area contributed by atoms with Crippen LogP contribution < -0.4 is 9.47 Å². The topological polar surface area (TPSA) is 47.1 Å². The normalized spacial score (nSPS) is 11.5. The first-order valence-corrected chi connectivity index (χ1v) is 7.93. The van der Waals surface area contributed by atoms with Crippen LogP contribution in [0.4, 0.5) is 4.39 Å². The Bertz CT molecular complexity index is 858. The van der Waals surface area contributed by atoms with E-state index in [1.807, 2.05) is 32.0 Å². The van der Waals surface area contributed by atoms with Gasteiger partial charge in [0.15, 0.2) is 11.5 Å². The van der Waals surface area contributed by atoms with Crippen LogP contribution in [0.1, 0.15) is 25.1 Å². The maximum Gasteiger partial charge on any atom is 0.241 e. The van der Waals surface area contributed by atoms with Gasteiger partial charge >= 0.3 is 0 Å². The maximum absolute atomic E-state index is 13.4. The number of aromatic amines is 1. The lowest BCUT2D eigenvalue weighted by atomic mass is 10.1. The number of nitrogens with one attached hydrogen (secondary N) is 1. The van der Waals surface area contributed by atoms with Gasteiger partial charge in [0.1, 0.15) is 11.6 Å². The number of hydrogen-bond donors (Lipinski definition) is 1. The Balaban J connectivity index is 0.000000815. The van der Waals surface area contributed by atoms with E-state index in [4.69, 9.17) is 9.47 Å². The minimum absolute atomic E-state index is 0.294. The average Bonchev–Trinajstić information content (AvgIpc) is 3.04. The zero-order valence-corrected chi connectivity index (χ0v) is 13.9. The monoisotopic (exact) mass is 326 g/mol. The predicted octanol–water partition coefficient (Wildman–Crippen LogP) is 4.95. The molecular formula is C19H19FN2O2. The molecular weight excluding hydrogens is 307 g/mol. The third-order valence-corrected chi connectivity index (χ3v) is 3.69. The van der Waals surface area contributed by atoms with E-state index in [-0.39, 0.29) is 5.82 Å². The van der Waals surface area contributed by atoms with Crippen LogP contribution in [0.2, 0.25) is 0 Å². The number of nitrogens with zero attached hydrogens (tertiary/aromatic N) is 1. The number of hydrogen-bond acceptors (Lipinski definition) is 3. The summed E-state index contributed by atoms with van der Waals surface area (Å²) in [6.07, 6.45) is 0.671. The number of benzene rings is 2. The Hall–Kier alpha value is -2.82. The molecule has 0 amide bonds. The van der Waals surface area contributed by atoms with E-state index in [0.717, 1.165) is 11.3 Å². The molecule has 0 spiro atoms. The van der Waals surface area contributed by atoms with Crippen LogP contribution >= 0.6 is 0 Å². The molecule has 0 unspecified atom stereocenters. The highest BCUT2D eigenvalue weighted by atomic mass is 19.1. The van der Waals surface area contributed by atoms with Crippen LogP contribution in [0.15, 0.2) is 42.5 Å². The zero-order valence-electron chi connectivity index (χ0n) is 13.9. The highest BCUT2D eigenvalue weighted by molar-refractivity contribution is 5.60. The molecule has 4 rings (SSSR count). The Labute approximate surface area is 140 Å². The van der Waals surface area contributed by atoms with Gasteiger partial charge in [-0.15, -0.1) is 0 Å². The maximum atomic E-state index is 13.4. The highest BCUT2D eigenvalue weighted by Gasteiger charge is 2.24. The number of fused-ring (bicyclic) bond motifs is 2. The lowest BCUT2D eigenvalue weighted by molar-refractivity contribution is 0.366. The molecule has 124 valence electrons. The Morgan fingerprint density at radius 2 is 1.96 bits per heavy atom.